The molecule has 0 aliphatic rings. The van der Waals surface area contributed by atoms with Crippen molar-refractivity contribution < 1.29 is 12.8 Å². The number of rotatable bonds is 3. The van der Waals surface area contributed by atoms with Crippen molar-refractivity contribution in [2.24, 2.45) is 5.14 Å². The van der Waals surface area contributed by atoms with E-state index in [1.165, 1.54) is 12.1 Å². The van der Waals surface area contributed by atoms with E-state index < -0.39 is 20.7 Å². The van der Waals surface area contributed by atoms with Crippen LogP contribution in [-0.4, -0.2) is 27.4 Å². The molecule has 0 heterocycles. The molecule has 0 saturated carbocycles. The first-order valence-corrected chi connectivity index (χ1v) is 5.81. The summed E-state index contributed by atoms with van der Waals surface area (Å²) in [5.74, 6) is -0.819. The molecule has 0 fully saturated rings. The summed E-state index contributed by atoms with van der Waals surface area (Å²) < 4.78 is 35.2. The number of sulfonamides is 1. The van der Waals surface area contributed by atoms with Gasteiger partial charge in [0.1, 0.15) is 10.7 Å². The van der Waals surface area contributed by atoms with E-state index in [0.29, 0.717) is 12.1 Å². The van der Waals surface area contributed by atoms with Crippen molar-refractivity contribution in [2.75, 3.05) is 14.1 Å². The Kier molecular flexibility index (Phi) is 3.43. The lowest BCUT2D eigenvalue weighted by atomic mass is 10.2. The van der Waals surface area contributed by atoms with Gasteiger partial charge >= 0.3 is 0 Å². The zero-order valence-electron chi connectivity index (χ0n) is 8.57. The van der Waals surface area contributed by atoms with E-state index in [4.69, 9.17) is 5.14 Å². The fraction of sp³-hybridized carbons (Fsp3) is 0.333. The van der Waals surface area contributed by atoms with Crippen LogP contribution in [0.25, 0.3) is 0 Å². The van der Waals surface area contributed by atoms with E-state index in [-0.39, 0.29) is 0 Å². The lowest BCUT2D eigenvalue weighted by molar-refractivity contribution is 0.401. The maximum atomic E-state index is 13.1. The minimum absolute atomic E-state index is 0.457. The molecule has 0 aliphatic carbocycles. The van der Waals surface area contributed by atoms with Crippen molar-refractivity contribution in [1.82, 2.24) is 4.90 Å². The molecule has 15 heavy (non-hydrogen) atoms. The third kappa shape index (κ3) is 3.26. The molecule has 6 heteroatoms. The lowest BCUT2D eigenvalue weighted by Crippen LogP contribution is -2.16. The summed E-state index contributed by atoms with van der Waals surface area (Å²) in [6.45, 7) is 0.531. The Labute approximate surface area is 88.6 Å². The van der Waals surface area contributed by atoms with Gasteiger partial charge in [-0.25, -0.2) is 17.9 Å². The van der Waals surface area contributed by atoms with Gasteiger partial charge in [-0.05, 0) is 31.8 Å². The first-order valence-electron chi connectivity index (χ1n) is 4.26. The molecule has 84 valence electrons. The zero-order chi connectivity index (χ0) is 11.6. The molecule has 0 amide bonds. The number of primary sulfonamides is 1. The number of hydrogen-bond donors (Lipinski definition) is 1. The first-order chi connectivity index (χ1) is 6.80. The molecule has 1 aromatic carbocycles. The average Bonchev–Trinajstić information content (AvgIpc) is 2.05. The Hall–Kier alpha value is -0.980. The van der Waals surface area contributed by atoms with Crippen molar-refractivity contribution >= 4 is 10.0 Å². The molecule has 0 saturated heterocycles. The fourth-order valence-corrected chi connectivity index (χ4v) is 1.88. The third-order valence-electron chi connectivity index (χ3n) is 1.80. The molecule has 0 unspecified atom stereocenters. The van der Waals surface area contributed by atoms with Crippen LogP contribution >= 0.6 is 0 Å². The molecule has 0 aliphatic heterocycles. The van der Waals surface area contributed by atoms with Crippen LogP contribution in [0.3, 0.4) is 0 Å². The fourth-order valence-electron chi connectivity index (χ4n) is 1.23. The highest BCUT2D eigenvalue weighted by Gasteiger charge is 2.14. The van der Waals surface area contributed by atoms with Crippen LogP contribution in [0.1, 0.15) is 5.56 Å². The predicted molar refractivity (Wildman–Crippen MR) is 55.2 cm³/mol. The molecule has 0 aromatic heterocycles. The minimum atomic E-state index is -3.99. The van der Waals surface area contributed by atoms with Crippen LogP contribution in [0.2, 0.25) is 0 Å². The molecule has 0 atom stereocenters. The topological polar surface area (TPSA) is 63.4 Å². The molecule has 1 rings (SSSR count). The van der Waals surface area contributed by atoms with Gasteiger partial charge in [0.25, 0.3) is 0 Å². The van der Waals surface area contributed by atoms with E-state index in [0.717, 1.165) is 6.07 Å². The summed E-state index contributed by atoms with van der Waals surface area (Å²) in [4.78, 5) is 1.39. The summed E-state index contributed by atoms with van der Waals surface area (Å²) in [5, 5.41) is 4.88. The Morgan fingerprint density at radius 3 is 2.47 bits per heavy atom. The summed E-state index contributed by atoms with van der Waals surface area (Å²) in [5.41, 5.74) is 0.699. The van der Waals surface area contributed by atoms with E-state index in [2.05, 4.69) is 0 Å². The Balaban J connectivity index is 3.18. The van der Waals surface area contributed by atoms with Gasteiger partial charge in [-0.3, -0.25) is 0 Å². The second-order valence-corrected chi connectivity index (χ2v) is 5.08. The van der Waals surface area contributed by atoms with Crippen molar-refractivity contribution in [3.8, 4) is 0 Å². The molecule has 0 bridgehead atoms. The van der Waals surface area contributed by atoms with Gasteiger partial charge < -0.3 is 4.90 Å². The highest BCUT2D eigenvalue weighted by molar-refractivity contribution is 7.89. The molecule has 1 aromatic rings. The normalized spacial score (nSPS) is 12.1. The highest BCUT2D eigenvalue weighted by Crippen LogP contribution is 2.15. The van der Waals surface area contributed by atoms with Gasteiger partial charge in [0, 0.05) is 6.54 Å². The summed E-state index contributed by atoms with van der Waals surface area (Å²) in [6, 6.07) is 3.90. The highest BCUT2D eigenvalue weighted by atomic mass is 32.2. The van der Waals surface area contributed by atoms with Gasteiger partial charge in [0.05, 0.1) is 0 Å². The molecule has 0 spiro atoms. The van der Waals surface area contributed by atoms with Crippen LogP contribution in [0.5, 0.6) is 0 Å². The van der Waals surface area contributed by atoms with E-state index >= 15 is 0 Å². The number of nitrogens with two attached hydrogens (primary N) is 1. The molecular weight excluding hydrogens is 219 g/mol. The summed E-state index contributed by atoms with van der Waals surface area (Å²) >= 11 is 0. The molecular formula is C9H13FN2O2S. The smallest absolute Gasteiger partial charge is 0.240 e. The number of hydrogen-bond acceptors (Lipinski definition) is 3. The van der Waals surface area contributed by atoms with Crippen molar-refractivity contribution in [3.63, 3.8) is 0 Å². The predicted octanol–water partition coefficient (Wildman–Crippen LogP) is 0.535. The summed E-state index contributed by atoms with van der Waals surface area (Å²) in [7, 11) is -0.319. The number of halogens is 1. The van der Waals surface area contributed by atoms with Crippen molar-refractivity contribution in [1.29, 1.82) is 0 Å². The van der Waals surface area contributed by atoms with Crippen LogP contribution < -0.4 is 5.14 Å². The number of benzene rings is 1. The quantitative estimate of drug-likeness (QED) is 0.827. The van der Waals surface area contributed by atoms with Crippen LogP contribution in [0.15, 0.2) is 23.1 Å². The lowest BCUT2D eigenvalue weighted by Gasteiger charge is -2.10. The van der Waals surface area contributed by atoms with E-state index in [1.54, 1.807) is 0 Å². The second-order valence-electron chi connectivity index (χ2n) is 3.55. The zero-order valence-corrected chi connectivity index (χ0v) is 9.38. The maximum Gasteiger partial charge on any atom is 0.240 e. The molecule has 2 N–H and O–H groups in total. The number of nitrogens with zero attached hydrogens (tertiary/aromatic N) is 1. The monoisotopic (exact) mass is 232 g/mol. The molecule has 4 nitrogen and oxygen atoms in total. The second kappa shape index (κ2) is 4.26. The van der Waals surface area contributed by atoms with Crippen LogP contribution in [0, 0.1) is 5.82 Å². The van der Waals surface area contributed by atoms with Crippen molar-refractivity contribution in [3.05, 3.63) is 29.6 Å². The van der Waals surface area contributed by atoms with Gasteiger partial charge in [-0.1, -0.05) is 6.07 Å². The van der Waals surface area contributed by atoms with Gasteiger partial charge in [0.2, 0.25) is 10.0 Å². The first kappa shape index (κ1) is 12.1. The standard InChI is InChI=1S/C9H13FN2O2S/c1-12(2)6-7-3-4-8(10)9(5-7)15(11,13)14/h3-5H,6H2,1-2H3,(H2,11,13,14). The average molecular weight is 232 g/mol. The Morgan fingerprint density at radius 1 is 1.40 bits per heavy atom. The van der Waals surface area contributed by atoms with Crippen LogP contribution in [0.4, 0.5) is 4.39 Å². The van der Waals surface area contributed by atoms with Gasteiger partial charge in [0.15, 0.2) is 0 Å². The summed E-state index contributed by atoms with van der Waals surface area (Å²) in [6.07, 6.45) is 0. The SMILES string of the molecule is CN(C)Cc1ccc(F)c(S(N)(=O)=O)c1. The largest absolute Gasteiger partial charge is 0.305 e. The van der Waals surface area contributed by atoms with Crippen molar-refractivity contribution in [2.45, 2.75) is 11.4 Å². The van der Waals surface area contributed by atoms with E-state index in [9.17, 15) is 12.8 Å². The minimum Gasteiger partial charge on any atom is -0.305 e. The Bertz CT molecular complexity index is 457. The van der Waals surface area contributed by atoms with Gasteiger partial charge in [-0.15, -0.1) is 0 Å². The third-order valence-corrected chi connectivity index (χ3v) is 2.73. The molecule has 0 radical (unpaired) electrons. The van der Waals surface area contributed by atoms with E-state index in [1.807, 2.05) is 19.0 Å². The maximum absolute atomic E-state index is 13.1. The van der Waals surface area contributed by atoms with Gasteiger partial charge in [-0.2, -0.15) is 0 Å². The van der Waals surface area contributed by atoms with Crippen LogP contribution in [-0.2, 0) is 16.6 Å². The Morgan fingerprint density at radius 2 is 2.00 bits per heavy atom.